The van der Waals surface area contributed by atoms with Crippen molar-refractivity contribution >= 4 is 5.71 Å². The van der Waals surface area contributed by atoms with Crippen LogP contribution in [0.15, 0.2) is 52.1 Å². The van der Waals surface area contributed by atoms with E-state index in [4.69, 9.17) is 9.36 Å². The standard InChI is InChI=1S/C29H36N4O2/c1-19(21-7-9-22(10-8-21)26-31-27(35-33-26)23-12-15-30-17-23)32-34-18-20-6-11-24-25(16-20)29(4,5)14-13-28(24,2)3/h6-11,16,23,30H,12-15,17-18H2,1-5H3. The molecule has 0 amide bonds. The molecule has 5 rings (SSSR count). The zero-order valence-electron chi connectivity index (χ0n) is 21.5. The number of benzene rings is 2. The first-order valence-electron chi connectivity index (χ1n) is 12.7. The second-order valence-corrected chi connectivity index (χ2v) is 11.3. The topological polar surface area (TPSA) is 72.5 Å². The van der Waals surface area contributed by atoms with Crippen molar-refractivity contribution in [2.24, 2.45) is 5.16 Å². The Morgan fingerprint density at radius 1 is 1.06 bits per heavy atom. The van der Waals surface area contributed by atoms with E-state index in [2.05, 4.69) is 66.5 Å². The summed E-state index contributed by atoms with van der Waals surface area (Å²) >= 11 is 0. The highest BCUT2D eigenvalue weighted by atomic mass is 16.6. The molecule has 1 aromatic heterocycles. The monoisotopic (exact) mass is 472 g/mol. The van der Waals surface area contributed by atoms with Crippen LogP contribution in [0.1, 0.15) is 87.9 Å². The van der Waals surface area contributed by atoms with Crippen molar-refractivity contribution < 1.29 is 9.36 Å². The first-order chi connectivity index (χ1) is 16.7. The summed E-state index contributed by atoms with van der Waals surface area (Å²) in [6.07, 6.45) is 3.46. The van der Waals surface area contributed by atoms with Gasteiger partial charge in [-0.05, 0) is 65.8 Å². The van der Waals surface area contributed by atoms with E-state index in [-0.39, 0.29) is 10.8 Å². The maximum absolute atomic E-state index is 5.76. The van der Waals surface area contributed by atoms with Gasteiger partial charge in [0.15, 0.2) is 0 Å². The van der Waals surface area contributed by atoms with Crippen LogP contribution in [-0.2, 0) is 22.3 Å². The maximum Gasteiger partial charge on any atom is 0.231 e. The van der Waals surface area contributed by atoms with Gasteiger partial charge in [0.05, 0.1) is 11.6 Å². The molecule has 0 radical (unpaired) electrons. The van der Waals surface area contributed by atoms with Gasteiger partial charge >= 0.3 is 0 Å². The number of hydrogen-bond acceptors (Lipinski definition) is 6. The molecule has 2 aromatic carbocycles. The van der Waals surface area contributed by atoms with E-state index in [1.165, 1.54) is 24.0 Å². The molecule has 0 spiro atoms. The van der Waals surface area contributed by atoms with Gasteiger partial charge in [-0.3, -0.25) is 0 Å². The zero-order chi connectivity index (χ0) is 24.6. The van der Waals surface area contributed by atoms with Gasteiger partial charge in [-0.25, -0.2) is 0 Å². The van der Waals surface area contributed by atoms with Gasteiger partial charge in [-0.1, -0.05) is 80.5 Å². The van der Waals surface area contributed by atoms with Crippen LogP contribution in [0.5, 0.6) is 0 Å². The molecule has 3 aromatic rings. The molecule has 6 heteroatoms. The van der Waals surface area contributed by atoms with Crippen molar-refractivity contribution in [3.63, 3.8) is 0 Å². The second kappa shape index (κ2) is 9.23. The van der Waals surface area contributed by atoms with Gasteiger partial charge < -0.3 is 14.7 Å². The van der Waals surface area contributed by atoms with Crippen molar-refractivity contribution in [2.75, 3.05) is 13.1 Å². The molecule has 1 aliphatic carbocycles. The Labute approximate surface area is 208 Å². The summed E-state index contributed by atoms with van der Waals surface area (Å²) < 4.78 is 5.49. The van der Waals surface area contributed by atoms with Crippen LogP contribution < -0.4 is 5.32 Å². The van der Waals surface area contributed by atoms with E-state index in [1.54, 1.807) is 0 Å². The summed E-state index contributed by atoms with van der Waals surface area (Å²) in [5.41, 5.74) is 7.25. The van der Waals surface area contributed by atoms with E-state index in [9.17, 15) is 0 Å². The number of hydrogen-bond donors (Lipinski definition) is 1. The zero-order valence-corrected chi connectivity index (χ0v) is 21.5. The number of fused-ring (bicyclic) bond motifs is 1. The third kappa shape index (κ3) is 4.90. The summed E-state index contributed by atoms with van der Waals surface area (Å²) in [7, 11) is 0. The highest BCUT2D eigenvalue weighted by Crippen LogP contribution is 2.45. The Balaban J connectivity index is 1.24. The summed E-state index contributed by atoms with van der Waals surface area (Å²) in [6.45, 7) is 13.7. The van der Waals surface area contributed by atoms with E-state index >= 15 is 0 Å². The second-order valence-electron chi connectivity index (χ2n) is 11.3. The minimum Gasteiger partial charge on any atom is -0.391 e. The fourth-order valence-corrected chi connectivity index (χ4v) is 5.23. The lowest BCUT2D eigenvalue weighted by atomic mass is 9.63. The van der Waals surface area contributed by atoms with Crippen LogP contribution in [0.2, 0.25) is 0 Å². The Morgan fingerprint density at radius 3 is 2.51 bits per heavy atom. The van der Waals surface area contributed by atoms with Crippen molar-refractivity contribution in [1.82, 2.24) is 15.5 Å². The SMILES string of the molecule is CC(=NOCc1ccc2c(c1)C(C)(C)CCC2(C)C)c1ccc(-c2noc(C3CCNC3)n2)cc1. The van der Waals surface area contributed by atoms with Gasteiger partial charge in [0.25, 0.3) is 0 Å². The largest absolute Gasteiger partial charge is 0.391 e. The molecule has 2 heterocycles. The first-order valence-corrected chi connectivity index (χ1v) is 12.7. The van der Waals surface area contributed by atoms with E-state index < -0.39 is 0 Å². The fraction of sp³-hybridized carbons (Fsp3) is 0.483. The Kier molecular flexibility index (Phi) is 6.26. The number of nitrogens with one attached hydrogen (secondary N) is 1. The van der Waals surface area contributed by atoms with Crippen LogP contribution in [0.25, 0.3) is 11.4 Å². The minimum absolute atomic E-state index is 0.190. The molecule has 0 saturated carbocycles. The highest BCUT2D eigenvalue weighted by molar-refractivity contribution is 5.98. The molecule has 1 unspecified atom stereocenters. The van der Waals surface area contributed by atoms with Crippen LogP contribution in [0.3, 0.4) is 0 Å². The minimum atomic E-state index is 0.190. The molecule has 2 aliphatic rings. The van der Waals surface area contributed by atoms with E-state index in [0.29, 0.717) is 24.2 Å². The summed E-state index contributed by atoms with van der Waals surface area (Å²) in [5, 5.41) is 11.9. The number of aromatic nitrogens is 2. The average molecular weight is 473 g/mol. The fourth-order valence-electron chi connectivity index (χ4n) is 5.23. The molecule has 35 heavy (non-hydrogen) atoms. The molecular weight excluding hydrogens is 436 g/mol. The number of rotatable bonds is 6. The summed E-state index contributed by atoms with van der Waals surface area (Å²) in [5.74, 6) is 1.66. The normalized spacial score (nSPS) is 21.1. The van der Waals surface area contributed by atoms with Gasteiger partial charge in [0.2, 0.25) is 11.7 Å². The van der Waals surface area contributed by atoms with Crippen LogP contribution in [-0.4, -0.2) is 28.9 Å². The Hall–Kier alpha value is -2.99. The third-order valence-corrected chi connectivity index (χ3v) is 7.76. The lowest BCUT2D eigenvalue weighted by Crippen LogP contribution is -2.33. The van der Waals surface area contributed by atoms with Crippen molar-refractivity contribution in [3.05, 3.63) is 70.6 Å². The predicted molar refractivity (Wildman–Crippen MR) is 139 cm³/mol. The van der Waals surface area contributed by atoms with Gasteiger partial charge in [0.1, 0.15) is 6.61 Å². The summed E-state index contributed by atoms with van der Waals surface area (Å²) in [4.78, 5) is 10.4. The van der Waals surface area contributed by atoms with Crippen LogP contribution in [0.4, 0.5) is 0 Å². The highest BCUT2D eigenvalue weighted by Gasteiger charge is 2.36. The smallest absolute Gasteiger partial charge is 0.231 e. The van der Waals surface area contributed by atoms with Crippen molar-refractivity contribution in [2.45, 2.75) is 77.2 Å². The average Bonchev–Trinajstić information content (AvgIpc) is 3.54. The van der Waals surface area contributed by atoms with Crippen LogP contribution >= 0.6 is 0 Å². The molecule has 1 saturated heterocycles. The van der Waals surface area contributed by atoms with Crippen molar-refractivity contribution in [1.29, 1.82) is 0 Å². The predicted octanol–water partition coefficient (Wildman–Crippen LogP) is 6.10. The number of oxime groups is 1. The maximum atomic E-state index is 5.76. The third-order valence-electron chi connectivity index (χ3n) is 7.76. The molecule has 1 atom stereocenters. The van der Waals surface area contributed by atoms with Gasteiger partial charge in [-0.15, -0.1) is 0 Å². The molecule has 1 aliphatic heterocycles. The molecule has 1 fully saturated rings. The van der Waals surface area contributed by atoms with Gasteiger partial charge in [0, 0.05) is 12.1 Å². The lowest BCUT2D eigenvalue weighted by molar-refractivity contribution is 0.130. The summed E-state index contributed by atoms with van der Waals surface area (Å²) in [6, 6.07) is 14.8. The first kappa shape index (κ1) is 23.7. The Bertz CT molecular complexity index is 1220. The molecular formula is C29H36N4O2. The molecule has 6 nitrogen and oxygen atoms in total. The van der Waals surface area contributed by atoms with Gasteiger partial charge in [-0.2, -0.15) is 4.98 Å². The number of nitrogens with zero attached hydrogens (tertiary/aromatic N) is 3. The van der Waals surface area contributed by atoms with E-state index in [0.717, 1.165) is 41.9 Å². The van der Waals surface area contributed by atoms with E-state index in [1.807, 2.05) is 31.2 Å². The van der Waals surface area contributed by atoms with Crippen molar-refractivity contribution in [3.8, 4) is 11.4 Å². The molecule has 1 N–H and O–H groups in total. The quantitative estimate of drug-likeness (QED) is 0.346. The molecule has 0 bridgehead atoms. The lowest BCUT2D eigenvalue weighted by Gasteiger charge is -2.42. The van der Waals surface area contributed by atoms with Crippen LogP contribution in [0, 0.1) is 0 Å². The Morgan fingerprint density at radius 2 is 1.80 bits per heavy atom. The molecule has 184 valence electrons.